The lowest BCUT2D eigenvalue weighted by atomic mass is 10.1. The number of hydrogen-bond donors (Lipinski definition) is 1. The molecule has 1 saturated heterocycles. The van der Waals surface area contributed by atoms with Crippen molar-refractivity contribution in [2.75, 3.05) is 36.4 Å². The number of aromatic nitrogens is 6. The molecule has 7 rings (SSSR count). The molecule has 1 fully saturated rings. The van der Waals surface area contributed by atoms with Gasteiger partial charge in [-0.2, -0.15) is 14.9 Å². The van der Waals surface area contributed by atoms with Crippen LogP contribution in [0.3, 0.4) is 0 Å². The van der Waals surface area contributed by atoms with Gasteiger partial charge < -0.3 is 29.0 Å². The first-order valence-corrected chi connectivity index (χ1v) is 17.4. The highest BCUT2D eigenvalue weighted by atomic mass is 19.1. The SMILES string of the molecule is Cc1cn2cc(NC(=O)c3ccc(N4CCN(C(=O)OC(C)(C)C)CC4)c4cn(Cc5ccc6c(cnn6C(=O)OC(C)(C)C)c5)nc34)cc(F)c2n1. The van der Waals surface area contributed by atoms with Crippen molar-refractivity contribution in [2.45, 2.75) is 66.2 Å². The monoisotopic (exact) mass is 723 g/mol. The van der Waals surface area contributed by atoms with Gasteiger partial charge >= 0.3 is 12.2 Å². The van der Waals surface area contributed by atoms with Crippen LogP contribution in [0, 0.1) is 12.7 Å². The molecule has 0 bridgehead atoms. The molecule has 0 atom stereocenters. The van der Waals surface area contributed by atoms with Crippen LogP contribution in [0.25, 0.3) is 27.5 Å². The lowest BCUT2D eigenvalue weighted by molar-refractivity contribution is 0.0240. The van der Waals surface area contributed by atoms with E-state index >= 15 is 0 Å². The molecule has 0 radical (unpaired) electrons. The van der Waals surface area contributed by atoms with Crippen molar-refractivity contribution in [1.29, 1.82) is 0 Å². The minimum atomic E-state index is -0.666. The van der Waals surface area contributed by atoms with E-state index in [0.717, 1.165) is 22.0 Å². The van der Waals surface area contributed by atoms with E-state index in [4.69, 9.17) is 14.6 Å². The Balaban J connectivity index is 1.19. The summed E-state index contributed by atoms with van der Waals surface area (Å²) in [6.45, 7) is 15.1. The average Bonchev–Trinajstić information content (AvgIpc) is 3.79. The van der Waals surface area contributed by atoms with Crippen LogP contribution in [0.15, 0.2) is 61.2 Å². The summed E-state index contributed by atoms with van der Waals surface area (Å²) in [7, 11) is 0. The summed E-state index contributed by atoms with van der Waals surface area (Å²) in [6.07, 6.45) is 5.90. The predicted molar refractivity (Wildman–Crippen MR) is 198 cm³/mol. The summed E-state index contributed by atoms with van der Waals surface area (Å²) < 4.78 is 30.5. The standard InChI is InChI=1S/C38H42FN9O5/c1-23-19-46-21-26(17-29(39)33(46)41-23)42-34(49)27-9-11-31(44-12-14-45(15-13-44)35(50)52-37(2,3)4)28-22-47(43-32(27)28)20-24-8-10-30-25(16-24)18-40-48(30)36(51)53-38(5,6)7/h8-11,16-19,21-22H,12-15,20H2,1-7H3,(H,42,49). The minimum Gasteiger partial charge on any atom is -0.444 e. The van der Waals surface area contributed by atoms with Gasteiger partial charge in [0.25, 0.3) is 5.91 Å². The molecule has 1 aliphatic rings. The van der Waals surface area contributed by atoms with Crippen molar-refractivity contribution in [3.8, 4) is 0 Å². The lowest BCUT2D eigenvalue weighted by Gasteiger charge is -2.37. The maximum absolute atomic E-state index is 14.9. The van der Waals surface area contributed by atoms with Gasteiger partial charge in [-0.15, -0.1) is 0 Å². The molecule has 15 heteroatoms. The number of aryl methyl sites for hydroxylation is 1. The molecule has 2 aromatic carbocycles. The second kappa shape index (κ2) is 13.2. The molecule has 0 unspecified atom stereocenters. The number of nitrogens with zero attached hydrogens (tertiary/aromatic N) is 8. The number of imidazole rings is 1. The Hall–Kier alpha value is -5.99. The third kappa shape index (κ3) is 7.50. The van der Waals surface area contributed by atoms with E-state index in [-0.39, 0.29) is 17.4 Å². The molecule has 2 amide bonds. The van der Waals surface area contributed by atoms with E-state index in [1.54, 1.807) is 66.3 Å². The van der Waals surface area contributed by atoms with Crippen LogP contribution in [0.4, 0.5) is 25.4 Å². The number of carbonyl (C=O) groups excluding carboxylic acids is 3. The summed E-state index contributed by atoms with van der Waals surface area (Å²) in [4.78, 5) is 47.4. The highest BCUT2D eigenvalue weighted by Gasteiger charge is 2.28. The number of piperazine rings is 1. The van der Waals surface area contributed by atoms with Crippen LogP contribution in [-0.2, 0) is 16.0 Å². The summed E-state index contributed by atoms with van der Waals surface area (Å²) in [5.41, 5.74) is 2.98. The number of carbonyl (C=O) groups is 3. The Morgan fingerprint density at radius 3 is 2.32 bits per heavy atom. The van der Waals surface area contributed by atoms with E-state index in [1.807, 2.05) is 51.2 Å². The molecule has 0 saturated carbocycles. The number of pyridine rings is 1. The van der Waals surface area contributed by atoms with Crippen LogP contribution >= 0.6 is 0 Å². The van der Waals surface area contributed by atoms with Crippen molar-refractivity contribution >= 4 is 56.9 Å². The number of hydrogen-bond acceptors (Lipinski definition) is 9. The van der Waals surface area contributed by atoms with E-state index in [9.17, 15) is 18.8 Å². The van der Waals surface area contributed by atoms with Gasteiger partial charge in [-0.3, -0.25) is 9.48 Å². The third-order valence-corrected chi connectivity index (χ3v) is 8.65. The second-order valence-electron chi connectivity index (χ2n) is 15.2. The molecule has 53 heavy (non-hydrogen) atoms. The zero-order valence-electron chi connectivity index (χ0n) is 30.8. The van der Waals surface area contributed by atoms with Crippen molar-refractivity contribution in [3.05, 3.63) is 83.8 Å². The fraction of sp³-hybridized carbons (Fsp3) is 0.368. The van der Waals surface area contributed by atoms with Gasteiger partial charge in [-0.1, -0.05) is 6.07 Å². The number of amides is 2. The number of rotatable bonds is 5. The van der Waals surface area contributed by atoms with E-state index in [0.29, 0.717) is 55.0 Å². The summed E-state index contributed by atoms with van der Waals surface area (Å²) in [5.74, 6) is -1.01. The Labute approximate surface area is 305 Å². The fourth-order valence-corrected chi connectivity index (χ4v) is 6.40. The van der Waals surface area contributed by atoms with E-state index < -0.39 is 29.0 Å². The zero-order chi connectivity index (χ0) is 37.8. The van der Waals surface area contributed by atoms with E-state index in [1.165, 1.54) is 10.7 Å². The number of anilines is 2. The molecule has 5 heterocycles. The first-order valence-electron chi connectivity index (χ1n) is 17.4. The average molecular weight is 724 g/mol. The summed E-state index contributed by atoms with van der Waals surface area (Å²) in [6, 6.07) is 10.5. The number of ether oxygens (including phenoxy) is 2. The van der Waals surface area contributed by atoms with Gasteiger partial charge in [-0.25, -0.2) is 19.0 Å². The predicted octanol–water partition coefficient (Wildman–Crippen LogP) is 6.62. The Bertz CT molecular complexity index is 2390. The van der Waals surface area contributed by atoms with Gasteiger partial charge in [-0.05, 0) is 78.3 Å². The second-order valence-corrected chi connectivity index (χ2v) is 15.2. The molecule has 0 aliphatic carbocycles. The normalized spacial score (nSPS) is 14.0. The zero-order valence-corrected chi connectivity index (χ0v) is 30.8. The Morgan fingerprint density at radius 2 is 1.60 bits per heavy atom. The highest BCUT2D eigenvalue weighted by molar-refractivity contribution is 6.14. The van der Waals surface area contributed by atoms with Gasteiger partial charge in [0.15, 0.2) is 11.5 Å². The van der Waals surface area contributed by atoms with Crippen LogP contribution in [0.1, 0.15) is 63.2 Å². The Kier molecular flexibility index (Phi) is 8.82. The first-order chi connectivity index (χ1) is 25.0. The highest BCUT2D eigenvalue weighted by Crippen LogP contribution is 2.31. The number of benzene rings is 2. The molecule has 1 aliphatic heterocycles. The molecule has 4 aromatic heterocycles. The number of fused-ring (bicyclic) bond motifs is 3. The maximum atomic E-state index is 14.9. The first kappa shape index (κ1) is 35.4. The van der Waals surface area contributed by atoms with Crippen LogP contribution < -0.4 is 10.2 Å². The topological polar surface area (TPSA) is 141 Å². The van der Waals surface area contributed by atoms with Gasteiger partial charge in [0, 0.05) is 67.3 Å². The van der Waals surface area contributed by atoms with E-state index in [2.05, 4.69) is 20.3 Å². The van der Waals surface area contributed by atoms with Crippen LogP contribution in [0.2, 0.25) is 0 Å². The van der Waals surface area contributed by atoms with Crippen LogP contribution in [0.5, 0.6) is 0 Å². The minimum absolute atomic E-state index is 0.174. The molecule has 276 valence electrons. The molecule has 6 aromatic rings. The fourth-order valence-electron chi connectivity index (χ4n) is 6.40. The molecule has 14 nitrogen and oxygen atoms in total. The quantitative estimate of drug-likeness (QED) is 0.208. The lowest BCUT2D eigenvalue weighted by Crippen LogP contribution is -2.50. The van der Waals surface area contributed by atoms with Crippen molar-refractivity contribution in [3.63, 3.8) is 0 Å². The molecule has 1 N–H and O–H groups in total. The summed E-state index contributed by atoms with van der Waals surface area (Å²) in [5, 5.41) is 13.5. The van der Waals surface area contributed by atoms with Crippen molar-refractivity contribution in [1.82, 2.24) is 33.8 Å². The molecule has 0 spiro atoms. The van der Waals surface area contributed by atoms with Gasteiger partial charge in [0.05, 0.1) is 35.2 Å². The smallest absolute Gasteiger partial charge is 0.435 e. The number of halogens is 1. The van der Waals surface area contributed by atoms with Crippen molar-refractivity contribution in [2.24, 2.45) is 0 Å². The van der Waals surface area contributed by atoms with Crippen molar-refractivity contribution < 1.29 is 28.2 Å². The van der Waals surface area contributed by atoms with Crippen LogP contribution in [-0.4, -0.2) is 89.3 Å². The third-order valence-electron chi connectivity index (χ3n) is 8.65. The maximum Gasteiger partial charge on any atom is 0.435 e. The summed E-state index contributed by atoms with van der Waals surface area (Å²) >= 11 is 0. The van der Waals surface area contributed by atoms with Gasteiger partial charge in [0.2, 0.25) is 0 Å². The number of nitrogens with one attached hydrogen (secondary N) is 1. The largest absolute Gasteiger partial charge is 0.444 e. The molecular formula is C38H42FN9O5. The molecular weight excluding hydrogens is 681 g/mol. The Morgan fingerprint density at radius 1 is 0.887 bits per heavy atom. The van der Waals surface area contributed by atoms with Gasteiger partial charge in [0.1, 0.15) is 16.7 Å².